The fourth-order valence-corrected chi connectivity index (χ4v) is 4.10. The summed E-state index contributed by atoms with van der Waals surface area (Å²) in [7, 11) is 0. The molecule has 0 radical (unpaired) electrons. The van der Waals surface area contributed by atoms with Gasteiger partial charge in [0.25, 0.3) is 0 Å². The van der Waals surface area contributed by atoms with Gasteiger partial charge in [0.2, 0.25) is 5.91 Å². The number of ether oxygens (including phenoxy) is 1. The Balaban J connectivity index is 1.60. The highest BCUT2D eigenvalue weighted by Crippen LogP contribution is 2.24. The van der Waals surface area contributed by atoms with E-state index in [1.165, 1.54) is 12.1 Å². The van der Waals surface area contributed by atoms with Crippen molar-refractivity contribution in [2.24, 2.45) is 5.73 Å². The minimum atomic E-state index is -0.361. The van der Waals surface area contributed by atoms with Crippen molar-refractivity contribution in [1.82, 2.24) is 9.47 Å². The van der Waals surface area contributed by atoms with Gasteiger partial charge in [-0.1, -0.05) is 30.3 Å². The molecule has 0 bridgehead atoms. The van der Waals surface area contributed by atoms with Crippen LogP contribution in [-0.2, 0) is 29.2 Å². The normalized spacial score (nSPS) is 16.7. The van der Waals surface area contributed by atoms with Gasteiger partial charge in [-0.2, -0.15) is 0 Å². The Labute approximate surface area is 169 Å². The van der Waals surface area contributed by atoms with Crippen LogP contribution in [-0.4, -0.2) is 34.6 Å². The maximum atomic E-state index is 13.3. The maximum absolute atomic E-state index is 13.3. The van der Waals surface area contributed by atoms with Gasteiger partial charge in [-0.3, -0.25) is 9.69 Å². The molecule has 1 atom stereocenters. The lowest BCUT2D eigenvalue weighted by Crippen LogP contribution is -2.31. The molecule has 0 unspecified atom stereocenters. The highest BCUT2D eigenvalue weighted by Gasteiger charge is 2.21. The van der Waals surface area contributed by atoms with Crippen LogP contribution in [0.5, 0.6) is 0 Å². The summed E-state index contributed by atoms with van der Waals surface area (Å²) in [5.74, 6) is -0.589. The molecule has 1 amide bonds. The zero-order valence-corrected chi connectivity index (χ0v) is 16.4. The summed E-state index contributed by atoms with van der Waals surface area (Å²) in [6.45, 7) is 3.20. The van der Waals surface area contributed by atoms with Gasteiger partial charge >= 0.3 is 0 Å². The van der Waals surface area contributed by atoms with E-state index in [4.69, 9.17) is 10.5 Å². The van der Waals surface area contributed by atoms with Gasteiger partial charge in [0.05, 0.1) is 6.10 Å². The number of aromatic nitrogens is 1. The highest BCUT2D eigenvalue weighted by atomic mass is 19.1. The Morgan fingerprint density at radius 1 is 1.17 bits per heavy atom. The molecule has 0 aliphatic carbocycles. The third kappa shape index (κ3) is 4.83. The molecular weight excluding hydrogens is 369 g/mol. The van der Waals surface area contributed by atoms with Gasteiger partial charge in [0.15, 0.2) is 0 Å². The van der Waals surface area contributed by atoms with Crippen molar-refractivity contribution < 1.29 is 13.9 Å². The van der Waals surface area contributed by atoms with E-state index in [9.17, 15) is 9.18 Å². The number of carbonyl (C=O) groups excluding carboxylic acids is 1. The van der Waals surface area contributed by atoms with Gasteiger partial charge in [-0.05, 0) is 42.2 Å². The molecule has 1 aliphatic rings. The van der Waals surface area contributed by atoms with E-state index in [0.29, 0.717) is 13.1 Å². The Bertz CT molecular complexity index is 977. The van der Waals surface area contributed by atoms with Crippen LogP contribution >= 0.6 is 0 Å². The average molecular weight is 395 g/mol. The van der Waals surface area contributed by atoms with E-state index in [2.05, 4.69) is 11.0 Å². The fourth-order valence-electron chi connectivity index (χ4n) is 4.10. The molecule has 6 heteroatoms. The molecule has 152 valence electrons. The summed E-state index contributed by atoms with van der Waals surface area (Å²) < 4.78 is 21.1. The van der Waals surface area contributed by atoms with Crippen molar-refractivity contribution in [2.45, 2.75) is 38.6 Å². The highest BCUT2D eigenvalue weighted by molar-refractivity contribution is 5.85. The Hall–Kier alpha value is -2.70. The summed E-state index contributed by atoms with van der Waals surface area (Å²) in [6.07, 6.45) is 4.38. The smallest absolute Gasteiger partial charge is 0.237 e. The van der Waals surface area contributed by atoms with Crippen LogP contribution in [0.25, 0.3) is 10.9 Å². The third-order valence-electron chi connectivity index (χ3n) is 5.40. The molecule has 0 spiro atoms. The van der Waals surface area contributed by atoms with Crippen LogP contribution in [0.1, 0.15) is 24.0 Å². The fraction of sp³-hybridized carbons (Fsp3) is 0.348. The third-order valence-corrected chi connectivity index (χ3v) is 5.40. The number of nitrogens with zero attached hydrogens (tertiary/aromatic N) is 2. The number of fused-ring (bicyclic) bond motifs is 1. The quantitative estimate of drug-likeness (QED) is 0.636. The first kappa shape index (κ1) is 19.6. The SMILES string of the molecule is NC(=O)Cn1cc(CN(Cc2ccc(F)cc2)C[C@@H]2CCCO2)c2ccccc21. The molecule has 3 aromatic rings. The number of hydrogen-bond donors (Lipinski definition) is 1. The number of benzene rings is 2. The van der Waals surface area contributed by atoms with E-state index in [1.54, 1.807) is 0 Å². The predicted molar refractivity (Wildman–Crippen MR) is 111 cm³/mol. The molecule has 1 fully saturated rings. The lowest BCUT2D eigenvalue weighted by molar-refractivity contribution is -0.118. The van der Waals surface area contributed by atoms with Crippen molar-refractivity contribution >= 4 is 16.8 Å². The second-order valence-corrected chi connectivity index (χ2v) is 7.70. The number of nitrogens with two attached hydrogens (primary N) is 1. The van der Waals surface area contributed by atoms with Crippen LogP contribution in [0.15, 0.2) is 54.7 Å². The molecule has 4 rings (SSSR count). The number of halogens is 1. The molecular formula is C23H26FN3O2. The molecule has 0 saturated carbocycles. The molecule has 2 heterocycles. The van der Waals surface area contributed by atoms with Gasteiger partial charge in [0, 0.05) is 43.3 Å². The number of hydrogen-bond acceptors (Lipinski definition) is 3. The van der Waals surface area contributed by atoms with Gasteiger partial charge in [-0.15, -0.1) is 0 Å². The average Bonchev–Trinajstić information content (AvgIpc) is 3.32. The van der Waals surface area contributed by atoms with Crippen molar-refractivity contribution in [2.75, 3.05) is 13.2 Å². The Morgan fingerprint density at radius 2 is 1.97 bits per heavy atom. The minimum Gasteiger partial charge on any atom is -0.377 e. The predicted octanol–water partition coefficient (Wildman–Crippen LogP) is 3.45. The van der Waals surface area contributed by atoms with Crippen molar-refractivity contribution in [3.05, 3.63) is 71.7 Å². The van der Waals surface area contributed by atoms with Crippen LogP contribution in [0.3, 0.4) is 0 Å². The summed E-state index contributed by atoms with van der Waals surface area (Å²) in [5.41, 5.74) is 8.63. The number of rotatable bonds is 8. The molecule has 1 aliphatic heterocycles. The second kappa shape index (κ2) is 8.76. The number of para-hydroxylation sites is 1. The maximum Gasteiger partial charge on any atom is 0.237 e. The zero-order valence-electron chi connectivity index (χ0n) is 16.4. The zero-order chi connectivity index (χ0) is 20.2. The van der Waals surface area contributed by atoms with Crippen LogP contribution in [0, 0.1) is 5.82 Å². The first-order valence-electron chi connectivity index (χ1n) is 10.0. The van der Waals surface area contributed by atoms with E-state index in [-0.39, 0.29) is 24.4 Å². The standard InChI is InChI=1S/C23H26FN3O2/c24-19-9-7-17(8-10-19)12-26(15-20-4-3-11-29-20)13-18-14-27(16-23(25)28)22-6-2-1-5-21(18)22/h1-2,5-10,14,20H,3-4,11-13,15-16H2,(H2,25,28)/t20-/m0/s1. The molecule has 1 saturated heterocycles. The molecule has 2 N–H and O–H groups in total. The molecule has 5 nitrogen and oxygen atoms in total. The van der Waals surface area contributed by atoms with Crippen LogP contribution in [0.2, 0.25) is 0 Å². The number of amides is 1. The lowest BCUT2D eigenvalue weighted by Gasteiger charge is -2.25. The van der Waals surface area contributed by atoms with Gasteiger partial charge < -0.3 is 15.0 Å². The first-order chi connectivity index (χ1) is 14.1. The van der Waals surface area contributed by atoms with Crippen molar-refractivity contribution in [3.8, 4) is 0 Å². The summed E-state index contributed by atoms with van der Waals surface area (Å²) in [6, 6.07) is 14.7. The van der Waals surface area contributed by atoms with Gasteiger partial charge in [-0.25, -0.2) is 4.39 Å². The van der Waals surface area contributed by atoms with E-state index >= 15 is 0 Å². The summed E-state index contributed by atoms with van der Waals surface area (Å²) in [5, 5.41) is 1.12. The van der Waals surface area contributed by atoms with E-state index in [1.807, 2.05) is 41.1 Å². The van der Waals surface area contributed by atoms with E-state index < -0.39 is 0 Å². The first-order valence-corrected chi connectivity index (χ1v) is 10.0. The monoisotopic (exact) mass is 395 g/mol. The molecule has 29 heavy (non-hydrogen) atoms. The largest absolute Gasteiger partial charge is 0.377 e. The summed E-state index contributed by atoms with van der Waals surface area (Å²) in [4.78, 5) is 13.8. The van der Waals surface area contributed by atoms with Gasteiger partial charge in [0.1, 0.15) is 12.4 Å². The Morgan fingerprint density at radius 3 is 2.69 bits per heavy atom. The molecule has 2 aromatic carbocycles. The second-order valence-electron chi connectivity index (χ2n) is 7.70. The summed E-state index contributed by atoms with van der Waals surface area (Å²) >= 11 is 0. The van der Waals surface area contributed by atoms with Crippen LogP contribution < -0.4 is 5.73 Å². The van der Waals surface area contributed by atoms with E-state index in [0.717, 1.165) is 48.0 Å². The Kier molecular flexibility index (Phi) is 5.92. The minimum absolute atomic E-state index is 0.157. The lowest BCUT2D eigenvalue weighted by atomic mass is 10.1. The number of primary amides is 1. The molecule has 1 aromatic heterocycles. The topological polar surface area (TPSA) is 60.5 Å². The van der Waals surface area contributed by atoms with Crippen LogP contribution in [0.4, 0.5) is 4.39 Å². The van der Waals surface area contributed by atoms with Crippen molar-refractivity contribution in [1.29, 1.82) is 0 Å². The van der Waals surface area contributed by atoms with Crippen molar-refractivity contribution in [3.63, 3.8) is 0 Å². The number of carbonyl (C=O) groups is 1.